The lowest BCUT2D eigenvalue weighted by Gasteiger charge is -2.32. The van der Waals surface area contributed by atoms with Crippen LogP contribution in [0.5, 0.6) is 0 Å². The molecule has 3 rings (SSSR count). The van der Waals surface area contributed by atoms with Crippen molar-refractivity contribution in [3.8, 4) is 0 Å². The van der Waals surface area contributed by atoms with Crippen molar-refractivity contribution < 1.29 is 4.79 Å². The Kier molecular flexibility index (Phi) is 2.93. The largest absolute Gasteiger partial charge is 0.355 e. The molecule has 0 saturated carbocycles. The maximum Gasteiger partial charge on any atom is 0.163 e. The van der Waals surface area contributed by atoms with E-state index in [4.69, 9.17) is 0 Å². The average molecular weight is 259 g/mol. The number of piperidine rings is 1. The third kappa shape index (κ3) is 2.07. The molecule has 1 aliphatic heterocycles. The lowest BCUT2D eigenvalue weighted by atomic mass is 9.94. The van der Waals surface area contributed by atoms with E-state index < -0.39 is 0 Å². The molecule has 1 unspecified atom stereocenters. The Labute approximate surface area is 111 Å². The number of ketones is 1. The summed E-state index contributed by atoms with van der Waals surface area (Å²) < 4.78 is 1.74. The van der Waals surface area contributed by atoms with Crippen molar-refractivity contribution in [1.29, 1.82) is 0 Å². The van der Waals surface area contributed by atoms with Crippen molar-refractivity contribution in [1.82, 2.24) is 19.7 Å². The number of anilines is 1. The minimum absolute atomic E-state index is 0.121. The van der Waals surface area contributed by atoms with Crippen molar-refractivity contribution in [2.75, 3.05) is 18.0 Å². The van der Waals surface area contributed by atoms with Gasteiger partial charge in [0.05, 0.1) is 11.6 Å². The van der Waals surface area contributed by atoms with Gasteiger partial charge >= 0.3 is 0 Å². The molecule has 3 heterocycles. The second-order valence-electron chi connectivity index (χ2n) is 5.10. The van der Waals surface area contributed by atoms with Gasteiger partial charge in [-0.05, 0) is 19.8 Å². The first-order valence-electron chi connectivity index (χ1n) is 6.55. The van der Waals surface area contributed by atoms with Gasteiger partial charge in [-0.1, -0.05) is 0 Å². The van der Waals surface area contributed by atoms with Crippen molar-refractivity contribution in [2.24, 2.45) is 13.0 Å². The fourth-order valence-electron chi connectivity index (χ4n) is 2.70. The molecule has 0 amide bonds. The van der Waals surface area contributed by atoms with E-state index in [2.05, 4.69) is 20.0 Å². The Morgan fingerprint density at radius 3 is 3.05 bits per heavy atom. The molecule has 0 aromatic carbocycles. The molecule has 1 atom stereocenters. The van der Waals surface area contributed by atoms with Crippen LogP contribution in [-0.4, -0.2) is 38.6 Å². The monoisotopic (exact) mass is 259 g/mol. The highest BCUT2D eigenvalue weighted by atomic mass is 16.1. The Morgan fingerprint density at radius 1 is 1.42 bits per heavy atom. The molecular formula is C13H17N5O. The summed E-state index contributed by atoms with van der Waals surface area (Å²) in [6.45, 7) is 3.36. The predicted molar refractivity (Wildman–Crippen MR) is 71.9 cm³/mol. The molecule has 2 aromatic rings. The third-order valence-corrected chi connectivity index (χ3v) is 3.80. The molecule has 0 N–H and O–H groups in total. The molecule has 1 saturated heterocycles. The normalized spacial score (nSPS) is 19.9. The SMILES string of the molecule is CC(=O)C1CCCN(c2ncnc3c2cnn3C)C1. The van der Waals surface area contributed by atoms with Crippen LogP contribution in [0.3, 0.4) is 0 Å². The molecular weight excluding hydrogens is 242 g/mol. The van der Waals surface area contributed by atoms with E-state index >= 15 is 0 Å². The number of carbonyl (C=O) groups is 1. The highest BCUT2D eigenvalue weighted by Gasteiger charge is 2.25. The van der Waals surface area contributed by atoms with Crippen LogP contribution >= 0.6 is 0 Å². The number of fused-ring (bicyclic) bond motifs is 1. The first-order chi connectivity index (χ1) is 9.16. The van der Waals surface area contributed by atoms with Gasteiger partial charge < -0.3 is 4.90 Å². The van der Waals surface area contributed by atoms with Gasteiger partial charge in [0.2, 0.25) is 0 Å². The topological polar surface area (TPSA) is 63.9 Å². The number of aryl methyl sites for hydroxylation is 1. The van der Waals surface area contributed by atoms with Crippen LogP contribution in [-0.2, 0) is 11.8 Å². The Morgan fingerprint density at radius 2 is 2.26 bits per heavy atom. The van der Waals surface area contributed by atoms with Crippen molar-refractivity contribution in [3.63, 3.8) is 0 Å². The van der Waals surface area contributed by atoms with E-state index in [1.165, 1.54) is 0 Å². The minimum atomic E-state index is 0.121. The maximum absolute atomic E-state index is 11.6. The number of hydrogen-bond donors (Lipinski definition) is 0. The Bertz CT molecular complexity index is 621. The molecule has 6 nitrogen and oxygen atoms in total. The summed E-state index contributed by atoms with van der Waals surface area (Å²) in [6, 6.07) is 0. The van der Waals surface area contributed by atoms with Crippen molar-refractivity contribution >= 4 is 22.6 Å². The van der Waals surface area contributed by atoms with E-state index in [1.54, 1.807) is 24.1 Å². The Balaban J connectivity index is 1.97. The van der Waals surface area contributed by atoms with Gasteiger partial charge in [-0.3, -0.25) is 9.48 Å². The summed E-state index contributed by atoms with van der Waals surface area (Å²) in [5.74, 6) is 1.28. The molecule has 1 aliphatic rings. The Hall–Kier alpha value is -1.98. The van der Waals surface area contributed by atoms with E-state index in [0.29, 0.717) is 0 Å². The zero-order valence-corrected chi connectivity index (χ0v) is 11.2. The van der Waals surface area contributed by atoms with Gasteiger partial charge in [-0.2, -0.15) is 5.10 Å². The van der Waals surface area contributed by atoms with Crippen LogP contribution in [0.15, 0.2) is 12.5 Å². The quantitative estimate of drug-likeness (QED) is 0.810. The number of aromatic nitrogens is 4. The molecule has 0 spiro atoms. The van der Waals surface area contributed by atoms with E-state index in [1.807, 2.05) is 7.05 Å². The van der Waals surface area contributed by atoms with Gasteiger partial charge in [0, 0.05) is 26.1 Å². The van der Waals surface area contributed by atoms with E-state index in [0.717, 1.165) is 42.8 Å². The van der Waals surface area contributed by atoms with E-state index in [9.17, 15) is 4.79 Å². The predicted octanol–water partition coefficient (Wildman–Crippen LogP) is 1.17. The highest BCUT2D eigenvalue weighted by molar-refractivity contribution is 5.87. The van der Waals surface area contributed by atoms with Crippen LogP contribution in [0.25, 0.3) is 11.0 Å². The van der Waals surface area contributed by atoms with Gasteiger partial charge in [0.15, 0.2) is 5.65 Å². The number of rotatable bonds is 2. The first kappa shape index (κ1) is 12.1. The molecule has 6 heteroatoms. The highest BCUT2D eigenvalue weighted by Crippen LogP contribution is 2.27. The molecule has 2 aromatic heterocycles. The second kappa shape index (κ2) is 4.60. The second-order valence-corrected chi connectivity index (χ2v) is 5.10. The number of carbonyl (C=O) groups excluding carboxylic acids is 1. The average Bonchev–Trinajstić information content (AvgIpc) is 2.81. The number of hydrogen-bond acceptors (Lipinski definition) is 5. The van der Waals surface area contributed by atoms with Crippen LogP contribution in [0, 0.1) is 5.92 Å². The summed E-state index contributed by atoms with van der Waals surface area (Å²) in [5.41, 5.74) is 0.829. The molecule has 19 heavy (non-hydrogen) atoms. The summed E-state index contributed by atoms with van der Waals surface area (Å²) in [6.07, 6.45) is 5.36. The molecule has 0 radical (unpaired) electrons. The van der Waals surface area contributed by atoms with Crippen LogP contribution < -0.4 is 4.90 Å². The molecule has 0 aliphatic carbocycles. The zero-order valence-electron chi connectivity index (χ0n) is 11.2. The lowest BCUT2D eigenvalue weighted by molar-refractivity contribution is -0.120. The van der Waals surface area contributed by atoms with Crippen LogP contribution in [0.2, 0.25) is 0 Å². The fourth-order valence-corrected chi connectivity index (χ4v) is 2.70. The first-order valence-corrected chi connectivity index (χ1v) is 6.55. The summed E-state index contributed by atoms with van der Waals surface area (Å²) in [4.78, 5) is 22.4. The van der Waals surface area contributed by atoms with Gasteiger partial charge in [0.1, 0.15) is 17.9 Å². The zero-order chi connectivity index (χ0) is 13.4. The third-order valence-electron chi connectivity index (χ3n) is 3.80. The summed E-state index contributed by atoms with van der Waals surface area (Å²) >= 11 is 0. The summed E-state index contributed by atoms with van der Waals surface area (Å²) in [7, 11) is 1.87. The molecule has 1 fully saturated rings. The fraction of sp³-hybridized carbons (Fsp3) is 0.538. The smallest absolute Gasteiger partial charge is 0.163 e. The van der Waals surface area contributed by atoms with Gasteiger partial charge in [-0.25, -0.2) is 9.97 Å². The molecule has 100 valence electrons. The molecule has 0 bridgehead atoms. The van der Waals surface area contributed by atoms with Crippen LogP contribution in [0.4, 0.5) is 5.82 Å². The van der Waals surface area contributed by atoms with Crippen molar-refractivity contribution in [2.45, 2.75) is 19.8 Å². The van der Waals surface area contributed by atoms with Gasteiger partial charge in [0.25, 0.3) is 0 Å². The van der Waals surface area contributed by atoms with E-state index in [-0.39, 0.29) is 11.7 Å². The van der Waals surface area contributed by atoms with Crippen LogP contribution in [0.1, 0.15) is 19.8 Å². The lowest BCUT2D eigenvalue weighted by Crippen LogP contribution is -2.38. The minimum Gasteiger partial charge on any atom is -0.355 e. The summed E-state index contributed by atoms with van der Waals surface area (Å²) in [5, 5.41) is 5.18. The maximum atomic E-state index is 11.6. The number of Topliss-reactive ketones (excluding diaryl/α,β-unsaturated/α-hetero) is 1. The van der Waals surface area contributed by atoms with Gasteiger partial charge in [-0.15, -0.1) is 0 Å². The van der Waals surface area contributed by atoms with Crippen molar-refractivity contribution in [3.05, 3.63) is 12.5 Å². The number of nitrogens with zero attached hydrogens (tertiary/aromatic N) is 5. The standard InChI is InChI=1S/C13H17N5O/c1-9(19)10-4-3-5-18(7-10)13-11-6-16-17(2)12(11)14-8-15-13/h6,8,10H,3-5,7H2,1-2H3.